The molecule has 1 aromatic rings. The monoisotopic (exact) mass is 302 g/mol. The molecule has 5 rings (SSSR count). The molecule has 23 heavy (non-hydrogen) atoms. The number of nitrogens with one attached hydrogen (secondary N) is 1. The lowest BCUT2D eigenvalue weighted by molar-refractivity contribution is 0.355. The number of fused-ring (bicyclic) bond motifs is 4. The van der Waals surface area contributed by atoms with Gasteiger partial charge in [-0.3, -0.25) is 5.41 Å². The summed E-state index contributed by atoms with van der Waals surface area (Å²) < 4.78 is 0. The van der Waals surface area contributed by atoms with Gasteiger partial charge in [-0.25, -0.2) is 0 Å². The molecule has 4 aliphatic rings. The summed E-state index contributed by atoms with van der Waals surface area (Å²) in [6.07, 6.45) is 9.45. The zero-order chi connectivity index (χ0) is 15.6. The first-order valence-electron chi connectivity index (χ1n) is 8.78. The van der Waals surface area contributed by atoms with Crippen molar-refractivity contribution in [2.75, 3.05) is 6.54 Å². The molecule has 1 aromatic carbocycles. The maximum Gasteiger partial charge on any atom is 0.129 e. The lowest BCUT2D eigenvalue weighted by Crippen LogP contribution is -2.32. The Morgan fingerprint density at radius 3 is 2.78 bits per heavy atom. The van der Waals surface area contributed by atoms with Crippen LogP contribution in [0.3, 0.4) is 0 Å². The second kappa shape index (κ2) is 4.70. The fourth-order valence-corrected chi connectivity index (χ4v) is 5.07. The molecule has 0 spiro atoms. The van der Waals surface area contributed by atoms with E-state index in [4.69, 9.17) is 5.41 Å². The van der Waals surface area contributed by atoms with Crippen LogP contribution in [0.1, 0.15) is 30.4 Å². The van der Waals surface area contributed by atoms with Gasteiger partial charge in [0.25, 0.3) is 0 Å². The quantitative estimate of drug-likeness (QED) is 0.805. The third-order valence-corrected chi connectivity index (χ3v) is 6.24. The largest absolute Gasteiger partial charge is 0.326 e. The highest BCUT2D eigenvalue weighted by Crippen LogP contribution is 2.47. The number of aryl methyl sites for hydroxylation is 1. The molecule has 0 amide bonds. The van der Waals surface area contributed by atoms with Crippen LogP contribution in [0.25, 0.3) is 5.57 Å². The van der Waals surface area contributed by atoms with E-state index in [0.29, 0.717) is 11.8 Å². The highest BCUT2D eigenvalue weighted by molar-refractivity contribution is 6.13. The van der Waals surface area contributed by atoms with Crippen molar-refractivity contribution in [3.8, 4) is 0 Å². The summed E-state index contributed by atoms with van der Waals surface area (Å²) in [6.45, 7) is 5.35. The molecule has 2 nitrogen and oxygen atoms in total. The molecule has 1 aliphatic heterocycles. The summed E-state index contributed by atoms with van der Waals surface area (Å²) in [5.74, 6) is 2.92. The van der Waals surface area contributed by atoms with E-state index in [1.165, 1.54) is 35.1 Å². The Kier molecular flexibility index (Phi) is 2.73. The van der Waals surface area contributed by atoms with Crippen LogP contribution in [0.15, 0.2) is 54.3 Å². The molecule has 1 saturated carbocycles. The van der Waals surface area contributed by atoms with Gasteiger partial charge in [0.2, 0.25) is 0 Å². The van der Waals surface area contributed by atoms with Crippen LogP contribution in [-0.4, -0.2) is 17.3 Å². The van der Waals surface area contributed by atoms with Gasteiger partial charge in [-0.05, 0) is 54.6 Å². The molecule has 1 fully saturated rings. The van der Waals surface area contributed by atoms with Gasteiger partial charge in [-0.2, -0.15) is 0 Å². The van der Waals surface area contributed by atoms with E-state index < -0.39 is 0 Å². The van der Waals surface area contributed by atoms with Gasteiger partial charge in [0, 0.05) is 23.4 Å². The molecule has 0 radical (unpaired) electrons. The van der Waals surface area contributed by atoms with Gasteiger partial charge in [-0.1, -0.05) is 43.0 Å². The summed E-state index contributed by atoms with van der Waals surface area (Å²) in [7, 11) is 0. The topological polar surface area (TPSA) is 27.1 Å². The van der Waals surface area contributed by atoms with E-state index in [9.17, 15) is 0 Å². The van der Waals surface area contributed by atoms with Gasteiger partial charge in [0.05, 0.1) is 0 Å². The number of hydrogen-bond acceptors (Lipinski definition) is 1. The van der Waals surface area contributed by atoms with Gasteiger partial charge in [0.1, 0.15) is 5.84 Å². The highest BCUT2D eigenvalue weighted by atomic mass is 15.2. The second-order valence-corrected chi connectivity index (χ2v) is 7.46. The molecule has 2 heteroatoms. The van der Waals surface area contributed by atoms with E-state index in [0.717, 1.165) is 36.9 Å². The van der Waals surface area contributed by atoms with Crippen molar-refractivity contribution in [1.29, 1.82) is 5.41 Å². The van der Waals surface area contributed by atoms with Crippen molar-refractivity contribution in [2.45, 2.75) is 25.7 Å². The number of amidine groups is 1. The van der Waals surface area contributed by atoms with Crippen molar-refractivity contribution >= 4 is 11.4 Å². The zero-order valence-electron chi connectivity index (χ0n) is 13.4. The number of rotatable bonds is 2. The van der Waals surface area contributed by atoms with Crippen LogP contribution < -0.4 is 0 Å². The number of benzene rings is 1. The molecular weight excluding hydrogens is 280 g/mol. The molecule has 2 bridgehead atoms. The average Bonchev–Trinajstić information content (AvgIpc) is 3.25. The van der Waals surface area contributed by atoms with Crippen LogP contribution in [0.4, 0.5) is 0 Å². The molecule has 1 N–H and O–H groups in total. The lowest BCUT2D eigenvalue weighted by Gasteiger charge is -2.28. The molecule has 1 heterocycles. The smallest absolute Gasteiger partial charge is 0.129 e. The number of allylic oxidation sites excluding steroid dienone is 3. The minimum atomic E-state index is 0.693. The molecule has 0 aromatic heterocycles. The summed E-state index contributed by atoms with van der Waals surface area (Å²) in [4.78, 5) is 2.20. The Bertz CT molecular complexity index is 783. The summed E-state index contributed by atoms with van der Waals surface area (Å²) >= 11 is 0. The normalized spacial score (nSPS) is 31.1. The highest BCUT2D eigenvalue weighted by Gasteiger charge is 2.40. The molecule has 116 valence electrons. The van der Waals surface area contributed by atoms with E-state index in [2.05, 4.69) is 47.9 Å². The third kappa shape index (κ3) is 1.84. The molecular formula is C21H22N2. The van der Waals surface area contributed by atoms with Crippen LogP contribution >= 0.6 is 0 Å². The van der Waals surface area contributed by atoms with Crippen LogP contribution in [0.5, 0.6) is 0 Å². The van der Waals surface area contributed by atoms with E-state index in [1.54, 1.807) is 0 Å². The Hall–Kier alpha value is -2.09. The van der Waals surface area contributed by atoms with Crippen LogP contribution in [0.2, 0.25) is 0 Å². The van der Waals surface area contributed by atoms with E-state index >= 15 is 0 Å². The van der Waals surface area contributed by atoms with Gasteiger partial charge in [-0.15, -0.1) is 0 Å². The van der Waals surface area contributed by atoms with Crippen molar-refractivity contribution in [3.05, 3.63) is 65.4 Å². The van der Waals surface area contributed by atoms with Crippen LogP contribution in [0, 0.1) is 23.2 Å². The lowest BCUT2D eigenvalue weighted by atomic mass is 9.86. The zero-order valence-corrected chi connectivity index (χ0v) is 13.4. The predicted octanol–water partition coefficient (Wildman–Crippen LogP) is 4.41. The first-order valence-corrected chi connectivity index (χ1v) is 8.78. The predicted molar refractivity (Wildman–Crippen MR) is 94.1 cm³/mol. The molecule has 3 aliphatic carbocycles. The third-order valence-electron chi connectivity index (χ3n) is 6.24. The Labute approximate surface area is 137 Å². The van der Waals surface area contributed by atoms with Gasteiger partial charge < -0.3 is 4.90 Å². The fourth-order valence-electron chi connectivity index (χ4n) is 5.07. The summed E-state index contributed by atoms with van der Waals surface area (Å²) in [5.41, 5.74) is 6.23. The molecule has 3 unspecified atom stereocenters. The molecule has 0 saturated heterocycles. The van der Waals surface area contributed by atoms with Crippen molar-refractivity contribution in [3.63, 3.8) is 0 Å². The van der Waals surface area contributed by atoms with Crippen molar-refractivity contribution < 1.29 is 0 Å². The van der Waals surface area contributed by atoms with Gasteiger partial charge in [0.15, 0.2) is 0 Å². The molecule has 3 atom stereocenters. The Balaban J connectivity index is 1.46. The van der Waals surface area contributed by atoms with Crippen LogP contribution in [-0.2, 0) is 6.42 Å². The maximum absolute atomic E-state index is 8.69. The Morgan fingerprint density at radius 1 is 1.13 bits per heavy atom. The second-order valence-electron chi connectivity index (χ2n) is 7.46. The maximum atomic E-state index is 8.69. The first kappa shape index (κ1) is 13.4. The van der Waals surface area contributed by atoms with Gasteiger partial charge >= 0.3 is 0 Å². The van der Waals surface area contributed by atoms with Crippen molar-refractivity contribution in [1.82, 2.24) is 4.90 Å². The minimum absolute atomic E-state index is 0.693. The standard InChI is InChI=1S/C21H22N2/c1-13-20-18-5-3-2-4-15(18)8-9-19(20)21(22)23(13)12-17-11-14-6-7-16(17)10-14/h2-7,14,16-17,22H,1,8-12H2. The summed E-state index contributed by atoms with van der Waals surface area (Å²) in [6, 6.07) is 8.65. The fraction of sp³-hybridized carbons (Fsp3) is 0.381. The number of hydrogen-bond donors (Lipinski definition) is 1. The SMILES string of the molecule is C=C1C2=C(CCc3ccccc32)C(=N)N1CC1CC2C=CC1C2. The summed E-state index contributed by atoms with van der Waals surface area (Å²) in [5, 5.41) is 8.69. The number of nitrogens with zero attached hydrogens (tertiary/aromatic N) is 1. The van der Waals surface area contributed by atoms with E-state index in [-0.39, 0.29) is 0 Å². The van der Waals surface area contributed by atoms with Crippen molar-refractivity contribution in [2.24, 2.45) is 17.8 Å². The Morgan fingerprint density at radius 2 is 2.00 bits per heavy atom. The minimum Gasteiger partial charge on any atom is -0.326 e. The first-order chi connectivity index (χ1) is 11.2. The van der Waals surface area contributed by atoms with E-state index in [1.807, 2.05) is 0 Å². The average molecular weight is 302 g/mol.